The largest absolute Gasteiger partial charge is 0.508 e. The molecule has 5 aliphatic rings. The van der Waals surface area contributed by atoms with Gasteiger partial charge in [0, 0.05) is 55.2 Å². The van der Waals surface area contributed by atoms with Crippen molar-refractivity contribution in [3.63, 3.8) is 0 Å². The fourth-order valence-corrected chi connectivity index (χ4v) is 9.08. The number of nitrogens with zero attached hydrogens (tertiary/aromatic N) is 5. The van der Waals surface area contributed by atoms with Crippen molar-refractivity contribution in [3.8, 4) is 22.9 Å². The molecule has 4 aromatic rings. The van der Waals surface area contributed by atoms with Crippen molar-refractivity contribution in [1.82, 2.24) is 20.2 Å². The molecule has 49 heavy (non-hydrogen) atoms. The van der Waals surface area contributed by atoms with Crippen molar-refractivity contribution >= 4 is 33.2 Å². The van der Waals surface area contributed by atoms with Gasteiger partial charge in [0.15, 0.2) is 17.5 Å². The zero-order valence-electron chi connectivity index (χ0n) is 26.1. The number of alkyl halides is 2. The Balaban J connectivity index is 1.21. The molecule has 5 heterocycles. The third-order valence-corrected chi connectivity index (χ3v) is 11.4. The van der Waals surface area contributed by atoms with E-state index in [1.54, 1.807) is 0 Å². The van der Waals surface area contributed by atoms with E-state index in [-0.39, 0.29) is 66.2 Å². The number of nitro groups is 1. The van der Waals surface area contributed by atoms with Gasteiger partial charge in [-0.2, -0.15) is 9.97 Å². The van der Waals surface area contributed by atoms with Crippen LogP contribution in [0.15, 0.2) is 30.3 Å². The van der Waals surface area contributed by atoms with Gasteiger partial charge < -0.3 is 20.1 Å². The number of hydrogen-bond donors (Lipinski definition) is 2. The maximum absolute atomic E-state index is 17.0. The van der Waals surface area contributed by atoms with Gasteiger partial charge in [-0.1, -0.05) is 6.07 Å². The summed E-state index contributed by atoms with van der Waals surface area (Å²) in [6.45, 7) is 1.89. The summed E-state index contributed by atoms with van der Waals surface area (Å²) in [5.41, 5.74) is -3.95. The highest BCUT2D eigenvalue weighted by atomic mass is 19.3. The Morgan fingerprint density at radius 3 is 2.53 bits per heavy atom. The number of fused-ring (bicyclic) bond motifs is 5. The summed E-state index contributed by atoms with van der Waals surface area (Å²) in [7, 11) is 0. The highest BCUT2D eigenvalue weighted by molar-refractivity contribution is 6.04. The Labute approximate surface area is 276 Å². The minimum Gasteiger partial charge on any atom is -0.508 e. The van der Waals surface area contributed by atoms with Crippen LogP contribution in [0.3, 0.4) is 0 Å². The summed E-state index contributed by atoms with van der Waals surface area (Å²) in [5, 5.41) is 26.1. The minimum atomic E-state index is -2.73. The standard InChI is InChI=1S/C34H31F5N6O4/c35-23-5-2-17-8-20(46)9-21(25(17)27(23)36)26-24(45(47)48)10-22-29(28(26)37)41-31(42-30(22)43-11-18-3-4-19(12-43)40-18)49-16-33-6-1-7-44(33)15-32(13-33)14-34(32,38)39/h2,5,8-10,18-19,40,46H,1,3-4,6-7,11-16H2/t18-,19+,32-,33+/m1/s1. The topological polar surface area (TPSA) is 117 Å². The van der Waals surface area contributed by atoms with Crippen molar-refractivity contribution in [1.29, 1.82) is 0 Å². The zero-order chi connectivity index (χ0) is 34.0. The van der Waals surface area contributed by atoms with Crippen LogP contribution in [0.1, 0.15) is 38.5 Å². The number of ether oxygens (including phenoxy) is 1. The number of benzene rings is 3. The number of rotatable bonds is 6. The number of piperazine rings is 1. The van der Waals surface area contributed by atoms with Gasteiger partial charge in [0.2, 0.25) is 0 Å². The van der Waals surface area contributed by atoms with Gasteiger partial charge in [0.1, 0.15) is 23.7 Å². The molecule has 5 fully saturated rings. The summed E-state index contributed by atoms with van der Waals surface area (Å²) in [5.74, 6) is -6.78. The number of phenolic OH excluding ortho intramolecular Hbond substituents is 1. The Hall–Kier alpha value is -4.37. The van der Waals surface area contributed by atoms with Crippen LogP contribution in [-0.4, -0.2) is 81.2 Å². The van der Waals surface area contributed by atoms with Gasteiger partial charge in [-0.25, -0.2) is 22.0 Å². The van der Waals surface area contributed by atoms with Gasteiger partial charge >= 0.3 is 6.01 Å². The van der Waals surface area contributed by atoms with E-state index in [1.807, 2.05) is 9.80 Å². The lowest BCUT2D eigenvalue weighted by Gasteiger charge is -2.34. The molecule has 0 unspecified atom stereocenters. The molecule has 1 aromatic heterocycles. The maximum atomic E-state index is 17.0. The van der Waals surface area contributed by atoms with Gasteiger partial charge in [-0.15, -0.1) is 0 Å². The van der Waals surface area contributed by atoms with Crippen LogP contribution in [-0.2, 0) is 0 Å². The lowest BCUT2D eigenvalue weighted by Crippen LogP contribution is -2.51. The third-order valence-electron chi connectivity index (χ3n) is 11.4. The monoisotopic (exact) mass is 682 g/mol. The first kappa shape index (κ1) is 30.7. The highest BCUT2D eigenvalue weighted by Crippen LogP contribution is 2.69. The second kappa shape index (κ2) is 10.3. The molecule has 2 N–H and O–H groups in total. The van der Waals surface area contributed by atoms with E-state index in [9.17, 15) is 28.4 Å². The molecule has 1 saturated carbocycles. The molecular weight excluding hydrogens is 651 g/mol. The molecule has 3 aromatic carbocycles. The second-order valence-electron chi connectivity index (χ2n) is 14.4. The summed E-state index contributed by atoms with van der Waals surface area (Å²) >= 11 is 0. The van der Waals surface area contributed by atoms with Gasteiger partial charge in [-0.05, 0) is 62.2 Å². The van der Waals surface area contributed by atoms with E-state index in [1.165, 1.54) is 6.07 Å². The molecule has 0 radical (unpaired) electrons. The van der Waals surface area contributed by atoms with Crippen molar-refractivity contribution in [2.75, 3.05) is 37.7 Å². The lowest BCUT2D eigenvalue weighted by atomic mass is 9.89. The Bertz CT molecular complexity index is 2090. The number of nitrogens with one attached hydrogen (secondary N) is 1. The van der Waals surface area contributed by atoms with Crippen LogP contribution in [0, 0.1) is 33.0 Å². The summed E-state index contributed by atoms with van der Waals surface area (Å²) in [4.78, 5) is 24.8. The Morgan fingerprint density at radius 1 is 1.06 bits per heavy atom. The third kappa shape index (κ3) is 4.57. The summed E-state index contributed by atoms with van der Waals surface area (Å²) in [6.07, 6.45) is 3.36. The molecule has 256 valence electrons. The molecule has 4 aliphatic heterocycles. The molecule has 9 rings (SSSR count). The zero-order valence-corrected chi connectivity index (χ0v) is 26.1. The van der Waals surface area contributed by atoms with E-state index in [4.69, 9.17) is 4.74 Å². The molecule has 1 aliphatic carbocycles. The average Bonchev–Trinajstić information content (AvgIpc) is 3.38. The van der Waals surface area contributed by atoms with E-state index in [0.717, 1.165) is 43.5 Å². The molecule has 2 bridgehead atoms. The smallest absolute Gasteiger partial charge is 0.319 e. The minimum absolute atomic E-state index is 0.00216. The Kier molecular flexibility index (Phi) is 6.46. The van der Waals surface area contributed by atoms with E-state index < -0.39 is 67.2 Å². The second-order valence-corrected chi connectivity index (χ2v) is 14.4. The first-order valence-corrected chi connectivity index (χ1v) is 16.4. The van der Waals surface area contributed by atoms with Gasteiger partial charge in [0.25, 0.3) is 11.6 Å². The molecular formula is C34H31F5N6O4. The van der Waals surface area contributed by atoms with E-state index >= 15 is 8.78 Å². The van der Waals surface area contributed by atoms with E-state index in [2.05, 4.69) is 15.3 Å². The summed E-state index contributed by atoms with van der Waals surface area (Å²) in [6, 6.07) is 5.25. The average molecular weight is 683 g/mol. The van der Waals surface area contributed by atoms with Crippen molar-refractivity contribution < 1.29 is 36.7 Å². The van der Waals surface area contributed by atoms with E-state index in [0.29, 0.717) is 26.1 Å². The van der Waals surface area contributed by atoms with Gasteiger partial charge in [0.05, 0.1) is 26.8 Å². The number of hydrogen-bond acceptors (Lipinski definition) is 9. The van der Waals surface area contributed by atoms with Crippen LogP contribution in [0.25, 0.3) is 32.8 Å². The van der Waals surface area contributed by atoms with Crippen LogP contribution in [0.5, 0.6) is 11.8 Å². The van der Waals surface area contributed by atoms with Crippen molar-refractivity contribution in [2.24, 2.45) is 5.41 Å². The SMILES string of the molecule is O=[N+]([O-])c1cc2c(N3C[C@H]4CC[C@@H](C3)N4)nc(OC[C@@]34CCCN3C[C@]3(CC3(F)F)C4)nc2c(F)c1-c1cc(O)cc2ccc(F)c(F)c12. The predicted octanol–water partition coefficient (Wildman–Crippen LogP) is 6.06. The molecule has 10 nitrogen and oxygen atoms in total. The van der Waals surface area contributed by atoms with Crippen LogP contribution >= 0.6 is 0 Å². The van der Waals surface area contributed by atoms with Gasteiger partial charge in [-0.3, -0.25) is 15.0 Å². The normalized spacial score (nSPS) is 28.6. The fraction of sp³-hybridized carbons (Fsp3) is 0.471. The number of anilines is 1. The molecule has 4 saturated heterocycles. The van der Waals surface area contributed by atoms with Crippen LogP contribution in [0.2, 0.25) is 0 Å². The predicted molar refractivity (Wildman–Crippen MR) is 168 cm³/mol. The number of halogens is 5. The first-order valence-electron chi connectivity index (χ1n) is 16.4. The lowest BCUT2D eigenvalue weighted by molar-refractivity contribution is -0.384. The van der Waals surface area contributed by atoms with Crippen molar-refractivity contribution in [2.45, 2.75) is 62.1 Å². The van der Waals surface area contributed by atoms with Crippen LogP contribution < -0.4 is 15.0 Å². The number of aromatic hydroxyl groups is 1. The van der Waals surface area contributed by atoms with Crippen LogP contribution in [0.4, 0.5) is 33.5 Å². The molecule has 0 amide bonds. The number of phenols is 1. The Morgan fingerprint density at radius 2 is 1.82 bits per heavy atom. The molecule has 4 atom stereocenters. The fourth-order valence-electron chi connectivity index (χ4n) is 9.08. The van der Waals surface area contributed by atoms with Crippen molar-refractivity contribution in [3.05, 3.63) is 57.9 Å². The molecule has 1 spiro atoms. The quantitative estimate of drug-likeness (QED) is 0.142. The highest BCUT2D eigenvalue weighted by Gasteiger charge is 2.77. The number of nitro benzene ring substituents is 1. The maximum Gasteiger partial charge on any atom is 0.319 e. The number of aromatic nitrogens is 2. The summed E-state index contributed by atoms with van der Waals surface area (Å²) < 4.78 is 81.9. The first-order chi connectivity index (χ1) is 23.4. The molecule has 15 heteroatoms.